The molecule has 1 atom stereocenters. The highest BCUT2D eigenvalue weighted by atomic mass is 16.4. The minimum absolute atomic E-state index is 0.210. The molecule has 0 amide bonds. The Morgan fingerprint density at radius 1 is 1.20 bits per heavy atom. The van der Waals surface area contributed by atoms with Crippen molar-refractivity contribution in [2.45, 2.75) is 41.0 Å². The summed E-state index contributed by atoms with van der Waals surface area (Å²) in [6, 6.07) is 0. The molecule has 0 saturated heterocycles. The summed E-state index contributed by atoms with van der Waals surface area (Å²) < 4.78 is 0. The van der Waals surface area contributed by atoms with Crippen molar-refractivity contribution in [3.8, 4) is 0 Å². The molecule has 3 nitrogen and oxygen atoms in total. The maximum absolute atomic E-state index is 11.1. The maximum atomic E-state index is 11.1. The van der Waals surface area contributed by atoms with Gasteiger partial charge < -0.3 is 10.0 Å². The van der Waals surface area contributed by atoms with Crippen molar-refractivity contribution in [2.75, 3.05) is 20.1 Å². The molecule has 3 heteroatoms. The summed E-state index contributed by atoms with van der Waals surface area (Å²) in [5.74, 6) is -0.703. The van der Waals surface area contributed by atoms with Gasteiger partial charge in [0.25, 0.3) is 0 Å². The van der Waals surface area contributed by atoms with E-state index in [1.165, 1.54) is 0 Å². The van der Waals surface area contributed by atoms with Gasteiger partial charge in [0.05, 0.1) is 5.41 Å². The molecule has 0 saturated carbocycles. The third kappa shape index (κ3) is 5.17. The van der Waals surface area contributed by atoms with Crippen molar-refractivity contribution in [1.82, 2.24) is 4.90 Å². The van der Waals surface area contributed by atoms with Gasteiger partial charge in [-0.05, 0) is 25.8 Å². The predicted molar refractivity (Wildman–Crippen MR) is 63.0 cm³/mol. The van der Waals surface area contributed by atoms with Crippen LogP contribution in [-0.2, 0) is 4.79 Å². The zero-order valence-corrected chi connectivity index (χ0v) is 10.9. The number of hydrogen-bond donors (Lipinski definition) is 1. The third-order valence-corrected chi connectivity index (χ3v) is 2.66. The lowest BCUT2D eigenvalue weighted by molar-refractivity contribution is -0.149. The smallest absolute Gasteiger partial charge is 0.310 e. The molecule has 15 heavy (non-hydrogen) atoms. The van der Waals surface area contributed by atoms with Crippen LogP contribution in [0.5, 0.6) is 0 Å². The third-order valence-electron chi connectivity index (χ3n) is 2.66. The molecule has 0 spiro atoms. The predicted octanol–water partition coefficient (Wildman–Crippen LogP) is 2.47. The molecule has 0 rings (SSSR count). The Kier molecular flexibility index (Phi) is 4.78. The molecule has 0 aliphatic carbocycles. The SMILES string of the molecule is CCC(C)(CN(C)CC(C)(C)C)C(=O)O. The molecule has 0 aromatic heterocycles. The second-order valence-corrected chi connectivity index (χ2v) is 5.95. The fourth-order valence-electron chi connectivity index (χ4n) is 1.79. The Hall–Kier alpha value is -0.570. The van der Waals surface area contributed by atoms with Crippen molar-refractivity contribution in [1.29, 1.82) is 0 Å². The Bertz CT molecular complexity index is 220. The molecule has 1 unspecified atom stereocenters. The summed E-state index contributed by atoms with van der Waals surface area (Å²) in [5, 5.41) is 9.15. The second-order valence-electron chi connectivity index (χ2n) is 5.95. The minimum Gasteiger partial charge on any atom is -0.481 e. The number of nitrogens with zero attached hydrogens (tertiary/aromatic N) is 1. The molecule has 0 fully saturated rings. The normalized spacial score (nSPS) is 16.5. The summed E-state index contributed by atoms with van der Waals surface area (Å²) in [7, 11) is 1.99. The molecule has 0 bridgehead atoms. The summed E-state index contributed by atoms with van der Waals surface area (Å²) >= 11 is 0. The highest BCUT2D eigenvalue weighted by molar-refractivity contribution is 5.74. The number of rotatable bonds is 5. The first-order valence-corrected chi connectivity index (χ1v) is 5.53. The van der Waals surface area contributed by atoms with Crippen LogP contribution in [0.15, 0.2) is 0 Å². The zero-order valence-electron chi connectivity index (χ0n) is 10.9. The summed E-state index contributed by atoms with van der Waals surface area (Å²) in [6.07, 6.45) is 0.664. The first kappa shape index (κ1) is 14.4. The van der Waals surface area contributed by atoms with Gasteiger partial charge in [0, 0.05) is 13.1 Å². The number of carbonyl (C=O) groups is 1. The molecule has 0 aliphatic heterocycles. The van der Waals surface area contributed by atoms with Gasteiger partial charge in [0.2, 0.25) is 0 Å². The van der Waals surface area contributed by atoms with Gasteiger partial charge in [0.15, 0.2) is 0 Å². The molecular formula is C12H25NO2. The van der Waals surface area contributed by atoms with Crippen molar-refractivity contribution < 1.29 is 9.90 Å². The van der Waals surface area contributed by atoms with Gasteiger partial charge in [-0.25, -0.2) is 0 Å². The van der Waals surface area contributed by atoms with E-state index in [-0.39, 0.29) is 5.41 Å². The van der Waals surface area contributed by atoms with E-state index >= 15 is 0 Å². The Labute approximate surface area is 93.5 Å². The topological polar surface area (TPSA) is 40.5 Å². The number of aliphatic carboxylic acids is 1. The van der Waals surface area contributed by atoms with Gasteiger partial charge in [0.1, 0.15) is 0 Å². The second kappa shape index (κ2) is 4.97. The van der Waals surface area contributed by atoms with Crippen LogP contribution in [0.2, 0.25) is 0 Å². The van der Waals surface area contributed by atoms with Crippen LogP contribution in [0.1, 0.15) is 41.0 Å². The minimum atomic E-state index is -0.703. The zero-order chi connectivity index (χ0) is 12.3. The van der Waals surface area contributed by atoms with Crippen LogP contribution >= 0.6 is 0 Å². The van der Waals surface area contributed by atoms with Gasteiger partial charge in [-0.1, -0.05) is 27.7 Å². The molecule has 90 valence electrons. The van der Waals surface area contributed by atoms with E-state index in [2.05, 4.69) is 25.7 Å². The fourth-order valence-corrected chi connectivity index (χ4v) is 1.79. The van der Waals surface area contributed by atoms with Crippen molar-refractivity contribution >= 4 is 5.97 Å². The Morgan fingerprint density at radius 3 is 1.93 bits per heavy atom. The molecule has 0 radical (unpaired) electrons. The lowest BCUT2D eigenvalue weighted by atomic mass is 9.86. The van der Waals surface area contributed by atoms with Crippen LogP contribution in [0.3, 0.4) is 0 Å². The van der Waals surface area contributed by atoms with E-state index in [9.17, 15) is 4.79 Å². The Morgan fingerprint density at radius 2 is 1.67 bits per heavy atom. The first-order chi connectivity index (χ1) is 6.60. The van der Waals surface area contributed by atoms with Crippen LogP contribution in [-0.4, -0.2) is 36.1 Å². The quantitative estimate of drug-likeness (QED) is 0.766. The molecule has 0 aromatic carbocycles. The van der Waals surface area contributed by atoms with E-state index in [1.54, 1.807) is 0 Å². The van der Waals surface area contributed by atoms with Crippen LogP contribution in [0.4, 0.5) is 0 Å². The van der Waals surface area contributed by atoms with Gasteiger partial charge in [-0.15, -0.1) is 0 Å². The van der Waals surface area contributed by atoms with E-state index in [0.29, 0.717) is 13.0 Å². The lowest BCUT2D eigenvalue weighted by Gasteiger charge is -2.33. The summed E-state index contributed by atoms with van der Waals surface area (Å²) in [5.41, 5.74) is -0.415. The summed E-state index contributed by atoms with van der Waals surface area (Å²) in [4.78, 5) is 13.2. The molecule has 0 heterocycles. The average Bonchev–Trinajstić information content (AvgIpc) is 1.99. The lowest BCUT2D eigenvalue weighted by Crippen LogP contribution is -2.41. The molecule has 0 aliphatic rings. The standard InChI is InChI=1S/C12H25NO2/c1-7-12(5,10(14)15)9-13(6)8-11(2,3)4/h7-9H2,1-6H3,(H,14,15). The monoisotopic (exact) mass is 215 g/mol. The number of carboxylic acid groups (broad SMARTS) is 1. The average molecular weight is 215 g/mol. The first-order valence-electron chi connectivity index (χ1n) is 5.53. The molecule has 0 aromatic rings. The largest absolute Gasteiger partial charge is 0.481 e. The van der Waals surface area contributed by atoms with Crippen LogP contribution in [0.25, 0.3) is 0 Å². The van der Waals surface area contributed by atoms with Crippen LogP contribution in [0, 0.1) is 10.8 Å². The van der Waals surface area contributed by atoms with Crippen LogP contribution < -0.4 is 0 Å². The molecular weight excluding hydrogens is 190 g/mol. The van der Waals surface area contributed by atoms with E-state index in [0.717, 1.165) is 6.54 Å². The summed E-state index contributed by atoms with van der Waals surface area (Å²) in [6.45, 7) is 11.7. The van der Waals surface area contributed by atoms with Gasteiger partial charge in [-0.2, -0.15) is 0 Å². The fraction of sp³-hybridized carbons (Fsp3) is 0.917. The van der Waals surface area contributed by atoms with E-state index in [1.807, 2.05) is 20.9 Å². The van der Waals surface area contributed by atoms with E-state index in [4.69, 9.17) is 5.11 Å². The number of carboxylic acids is 1. The van der Waals surface area contributed by atoms with Crippen molar-refractivity contribution in [2.24, 2.45) is 10.8 Å². The van der Waals surface area contributed by atoms with Gasteiger partial charge in [-0.3, -0.25) is 4.79 Å². The maximum Gasteiger partial charge on any atom is 0.310 e. The molecule has 1 N–H and O–H groups in total. The number of hydrogen-bond acceptors (Lipinski definition) is 2. The van der Waals surface area contributed by atoms with Crippen molar-refractivity contribution in [3.05, 3.63) is 0 Å². The van der Waals surface area contributed by atoms with Crippen molar-refractivity contribution in [3.63, 3.8) is 0 Å². The van der Waals surface area contributed by atoms with E-state index < -0.39 is 11.4 Å². The highest BCUT2D eigenvalue weighted by Gasteiger charge is 2.33. The Balaban J connectivity index is 4.38. The highest BCUT2D eigenvalue weighted by Crippen LogP contribution is 2.24. The van der Waals surface area contributed by atoms with Gasteiger partial charge >= 0.3 is 5.97 Å².